The zero-order chi connectivity index (χ0) is 27.6. The Morgan fingerprint density at radius 1 is 1.07 bits per heavy atom. The van der Waals surface area contributed by atoms with Crippen LogP contribution in [-0.4, -0.2) is 73.3 Å². The SMILES string of the molecule is Cc1nc(N2CCc3c(c(C)nn3CC34CCC(NC(=O)C5COCCN5)(CC3)CC4)C2)c2c(n1)c(C)nn2C. The van der Waals surface area contributed by atoms with E-state index in [4.69, 9.17) is 14.8 Å². The van der Waals surface area contributed by atoms with Crippen LogP contribution in [0.15, 0.2) is 0 Å². The Morgan fingerprint density at radius 2 is 1.85 bits per heavy atom. The number of carbonyl (C=O) groups excluding carboxylic acids is 1. The molecule has 214 valence electrons. The number of morpholine rings is 1. The van der Waals surface area contributed by atoms with Crippen molar-refractivity contribution in [3.05, 3.63) is 28.5 Å². The summed E-state index contributed by atoms with van der Waals surface area (Å²) in [5.41, 5.74) is 6.93. The van der Waals surface area contributed by atoms with Crippen molar-refractivity contribution in [2.24, 2.45) is 12.5 Å². The summed E-state index contributed by atoms with van der Waals surface area (Å²) in [5.74, 6) is 1.85. The average molecular weight is 548 g/mol. The second kappa shape index (κ2) is 9.51. The van der Waals surface area contributed by atoms with E-state index in [9.17, 15) is 4.79 Å². The van der Waals surface area contributed by atoms with Gasteiger partial charge in [0.2, 0.25) is 5.91 Å². The lowest BCUT2D eigenvalue weighted by molar-refractivity contribution is -0.130. The molecule has 11 heteroatoms. The topological polar surface area (TPSA) is 115 Å². The van der Waals surface area contributed by atoms with Crippen LogP contribution < -0.4 is 15.5 Å². The van der Waals surface area contributed by atoms with E-state index in [0.717, 1.165) is 105 Å². The van der Waals surface area contributed by atoms with Gasteiger partial charge in [-0.15, -0.1) is 0 Å². The summed E-state index contributed by atoms with van der Waals surface area (Å²) in [7, 11) is 1.98. The summed E-state index contributed by atoms with van der Waals surface area (Å²) in [6, 6.07) is -0.223. The molecule has 0 aromatic carbocycles. The van der Waals surface area contributed by atoms with Crippen molar-refractivity contribution in [1.29, 1.82) is 0 Å². The average Bonchev–Trinajstić information content (AvgIpc) is 3.43. The molecule has 3 aromatic heterocycles. The van der Waals surface area contributed by atoms with Crippen LogP contribution >= 0.6 is 0 Å². The minimum atomic E-state index is -0.223. The van der Waals surface area contributed by atoms with Gasteiger partial charge in [0.25, 0.3) is 0 Å². The smallest absolute Gasteiger partial charge is 0.239 e. The van der Waals surface area contributed by atoms with Gasteiger partial charge in [-0.2, -0.15) is 10.2 Å². The van der Waals surface area contributed by atoms with Crippen LogP contribution in [0.25, 0.3) is 11.0 Å². The van der Waals surface area contributed by atoms with Gasteiger partial charge < -0.3 is 20.3 Å². The molecular weight excluding hydrogens is 506 g/mol. The largest absolute Gasteiger partial charge is 0.378 e. The first-order valence-corrected chi connectivity index (χ1v) is 14.9. The Labute approximate surface area is 235 Å². The third-order valence-electron chi connectivity index (χ3n) is 10.1. The maximum Gasteiger partial charge on any atom is 0.239 e. The molecule has 11 nitrogen and oxygen atoms in total. The van der Waals surface area contributed by atoms with Crippen molar-refractivity contribution in [2.75, 3.05) is 31.2 Å². The number of ether oxygens (including phenoxy) is 1. The van der Waals surface area contributed by atoms with Gasteiger partial charge in [0.15, 0.2) is 5.82 Å². The van der Waals surface area contributed by atoms with Gasteiger partial charge in [-0.1, -0.05) is 0 Å². The molecule has 5 heterocycles. The fourth-order valence-electron chi connectivity index (χ4n) is 7.71. The standard InChI is InChI=1S/C29H41N9O2/c1-18-21-15-37(26-25-24(31-20(3)32-26)19(2)34-36(25)4)13-5-23(21)38(35-18)17-28-6-9-29(10-7-28,11-8-28)33-27(39)22-16-40-14-12-30-22/h22,30H,5-17H2,1-4H3,(H,33,39). The molecule has 1 saturated heterocycles. The number of amides is 1. The third-order valence-corrected chi connectivity index (χ3v) is 10.1. The highest BCUT2D eigenvalue weighted by molar-refractivity contribution is 5.88. The lowest BCUT2D eigenvalue weighted by Gasteiger charge is -2.54. The third kappa shape index (κ3) is 4.29. The van der Waals surface area contributed by atoms with Crippen LogP contribution in [0.3, 0.4) is 0 Å². The first kappa shape index (κ1) is 25.9. The lowest BCUT2D eigenvalue weighted by Crippen LogP contribution is -2.62. The molecule has 1 unspecified atom stereocenters. The summed E-state index contributed by atoms with van der Waals surface area (Å²) in [5, 5.41) is 16.5. The van der Waals surface area contributed by atoms with Crippen LogP contribution in [-0.2, 0) is 36.1 Å². The monoisotopic (exact) mass is 547 g/mol. The summed E-state index contributed by atoms with van der Waals surface area (Å²) >= 11 is 0. The normalized spacial score (nSPS) is 28.2. The number of carbonyl (C=O) groups is 1. The summed E-state index contributed by atoms with van der Waals surface area (Å²) in [6.07, 6.45) is 7.52. The van der Waals surface area contributed by atoms with Gasteiger partial charge in [-0.3, -0.25) is 14.2 Å². The molecule has 1 atom stereocenters. The zero-order valence-corrected chi connectivity index (χ0v) is 24.2. The molecule has 0 radical (unpaired) electrons. The molecule has 3 saturated carbocycles. The fourth-order valence-corrected chi connectivity index (χ4v) is 7.71. The number of nitrogens with one attached hydrogen (secondary N) is 2. The van der Waals surface area contributed by atoms with Crippen molar-refractivity contribution in [1.82, 2.24) is 40.2 Å². The first-order valence-electron chi connectivity index (χ1n) is 14.9. The molecule has 3 aliphatic carbocycles. The molecule has 5 aliphatic rings. The highest BCUT2D eigenvalue weighted by atomic mass is 16.5. The summed E-state index contributed by atoms with van der Waals surface area (Å²) < 4.78 is 9.76. The second-order valence-electron chi connectivity index (χ2n) is 12.7. The molecule has 40 heavy (non-hydrogen) atoms. The van der Waals surface area contributed by atoms with Crippen LogP contribution in [0.1, 0.15) is 67.0 Å². The quantitative estimate of drug-likeness (QED) is 0.500. The maximum absolute atomic E-state index is 12.9. The molecular formula is C29H41N9O2. The zero-order valence-electron chi connectivity index (χ0n) is 24.2. The van der Waals surface area contributed by atoms with Crippen molar-refractivity contribution in [2.45, 2.75) is 90.4 Å². The number of aryl methyl sites for hydroxylation is 4. The van der Waals surface area contributed by atoms with Gasteiger partial charge in [-0.25, -0.2) is 9.97 Å². The van der Waals surface area contributed by atoms with Gasteiger partial charge in [0, 0.05) is 56.4 Å². The van der Waals surface area contributed by atoms with Crippen molar-refractivity contribution < 1.29 is 9.53 Å². The van der Waals surface area contributed by atoms with Gasteiger partial charge in [0.1, 0.15) is 22.9 Å². The highest BCUT2D eigenvalue weighted by Crippen LogP contribution is 2.53. The Balaban J connectivity index is 1.07. The lowest BCUT2D eigenvalue weighted by atomic mass is 9.57. The van der Waals surface area contributed by atoms with Crippen LogP contribution in [0, 0.1) is 26.2 Å². The van der Waals surface area contributed by atoms with E-state index in [-0.39, 0.29) is 22.9 Å². The van der Waals surface area contributed by atoms with E-state index in [0.29, 0.717) is 13.2 Å². The Kier molecular flexibility index (Phi) is 6.16. The molecule has 2 aliphatic heterocycles. The number of aromatic nitrogens is 6. The second-order valence-corrected chi connectivity index (χ2v) is 12.7. The first-order chi connectivity index (χ1) is 19.2. The number of hydrogen-bond donors (Lipinski definition) is 2. The maximum atomic E-state index is 12.9. The minimum Gasteiger partial charge on any atom is -0.378 e. The molecule has 0 spiro atoms. The van der Waals surface area contributed by atoms with E-state index < -0.39 is 0 Å². The number of fused-ring (bicyclic) bond motifs is 5. The predicted octanol–water partition coefficient (Wildman–Crippen LogP) is 2.25. The van der Waals surface area contributed by atoms with Crippen LogP contribution in [0.4, 0.5) is 5.82 Å². The van der Waals surface area contributed by atoms with E-state index in [1.165, 1.54) is 11.3 Å². The molecule has 3 aromatic rings. The van der Waals surface area contributed by atoms with E-state index in [1.807, 2.05) is 25.6 Å². The van der Waals surface area contributed by atoms with E-state index in [2.05, 4.69) is 37.2 Å². The number of anilines is 1. The molecule has 1 amide bonds. The van der Waals surface area contributed by atoms with Crippen molar-refractivity contribution in [3.63, 3.8) is 0 Å². The number of rotatable bonds is 5. The molecule has 2 N–H and O–H groups in total. The van der Waals surface area contributed by atoms with Crippen LogP contribution in [0.5, 0.6) is 0 Å². The summed E-state index contributed by atoms with van der Waals surface area (Å²) in [4.78, 5) is 24.9. The van der Waals surface area contributed by atoms with E-state index in [1.54, 1.807) is 0 Å². The Morgan fingerprint density at radius 3 is 2.58 bits per heavy atom. The number of nitrogens with zero attached hydrogens (tertiary/aromatic N) is 7. The number of hydrogen-bond acceptors (Lipinski definition) is 8. The Hall–Kier alpha value is -3.05. The van der Waals surface area contributed by atoms with Crippen LogP contribution in [0.2, 0.25) is 0 Å². The molecule has 2 bridgehead atoms. The molecule has 8 rings (SSSR count). The van der Waals surface area contributed by atoms with Crippen molar-refractivity contribution in [3.8, 4) is 0 Å². The Bertz CT molecular complexity index is 1440. The molecule has 4 fully saturated rings. The van der Waals surface area contributed by atoms with E-state index >= 15 is 0 Å². The fraction of sp³-hybridized carbons (Fsp3) is 0.690. The highest BCUT2D eigenvalue weighted by Gasteiger charge is 2.50. The van der Waals surface area contributed by atoms with Gasteiger partial charge in [0.05, 0.1) is 24.6 Å². The summed E-state index contributed by atoms with van der Waals surface area (Å²) in [6.45, 7) is 10.7. The van der Waals surface area contributed by atoms with Crippen molar-refractivity contribution >= 4 is 22.8 Å². The van der Waals surface area contributed by atoms with Gasteiger partial charge in [-0.05, 0) is 64.7 Å². The predicted molar refractivity (Wildman–Crippen MR) is 151 cm³/mol. The minimum absolute atomic E-state index is 0.0525. The van der Waals surface area contributed by atoms with Gasteiger partial charge >= 0.3 is 0 Å².